The summed E-state index contributed by atoms with van der Waals surface area (Å²) < 4.78 is 5.11. The van der Waals surface area contributed by atoms with Crippen LogP contribution in [0, 0.1) is 0 Å². The van der Waals surface area contributed by atoms with Crippen molar-refractivity contribution in [2.24, 2.45) is 5.73 Å². The number of thiocarbonyl (C=S) groups is 1. The number of ether oxygens (including phenoxy) is 1. The lowest BCUT2D eigenvalue weighted by Crippen LogP contribution is -2.44. The first-order chi connectivity index (χ1) is 14.0. The highest BCUT2D eigenvalue weighted by atomic mass is 32.1. The third-order valence-corrected chi connectivity index (χ3v) is 4.56. The fraction of sp³-hybridized carbons (Fsp3) is 0.227. The molecule has 0 radical (unpaired) electrons. The van der Waals surface area contributed by atoms with Crippen LogP contribution in [0.2, 0.25) is 0 Å². The Morgan fingerprint density at radius 2 is 1.79 bits per heavy atom. The molecule has 0 saturated heterocycles. The quantitative estimate of drug-likeness (QED) is 0.489. The van der Waals surface area contributed by atoms with E-state index in [0.717, 1.165) is 23.3 Å². The minimum Gasteiger partial charge on any atom is -0.497 e. The van der Waals surface area contributed by atoms with E-state index in [4.69, 9.17) is 22.7 Å². The summed E-state index contributed by atoms with van der Waals surface area (Å²) in [6.07, 6.45) is 4.00. The number of primary amides is 1. The van der Waals surface area contributed by atoms with Gasteiger partial charge in [-0.25, -0.2) is 0 Å². The zero-order chi connectivity index (χ0) is 21.1. The molecule has 2 rings (SSSR count). The summed E-state index contributed by atoms with van der Waals surface area (Å²) in [5.41, 5.74) is 7.27. The molecule has 0 heterocycles. The van der Waals surface area contributed by atoms with Gasteiger partial charge in [0.1, 0.15) is 5.75 Å². The van der Waals surface area contributed by atoms with Crippen LogP contribution >= 0.6 is 12.2 Å². The van der Waals surface area contributed by atoms with Crippen molar-refractivity contribution in [3.63, 3.8) is 0 Å². The van der Waals surface area contributed by atoms with E-state index in [0.29, 0.717) is 13.1 Å². The van der Waals surface area contributed by atoms with Crippen molar-refractivity contribution >= 4 is 35.2 Å². The molecule has 3 N–H and O–H groups in total. The molecule has 0 saturated carbocycles. The Bertz CT molecular complexity index is 851. The molecule has 2 aromatic carbocycles. The summed E-state index contributed by atoms with van der Waals surface area (Å²) >= 11 is 5.37. The van der Waals surface area contributed by atoms with Crippen LogP contribution in [-0.2, 0) is 16.0 Å². The largest absolute Gasteiger partial charge is 0.497 e. The van der Waals surface area contributed by atoms with Crippen LogP contribution in [0.1, 0.15) is 17.5 Å². The number of nitrogens with one attached hydrogen (secondary N) is 1. The van der Waals surface area contributed by atoms with Gasteiger partial charge in [-0.3, -0.25) is 14.9 Å². The minimum atomic E-state index is -0.414. The van der Waals surface area contributed by atoms with Gasteiger partial charge < -0.3 is 15.4 Å². The Labute approximate surface area is 176 Å². The van der Waals surface area contributed by atoms with Crippen LogP contribution in [-0.4, -0.2) is 42.0 Å². The number of carbonyl (C=O) groups is 2. The summed E-state index contributed by atoms with van der Waals surface area (Å²) in [4.78, 5) is 25.2. The lowest BCUT2D eigenvalue weighted by atomic mass is 10.1. The molecule has 6 nitrogen and oxygen atoms in total. The molecular weight excluding hydrogens is 386 g/mol. The summed E-state index contributed by atoms with van der Waals surface area (Å²) in [6, 6.07) is 17.3. The van der Waals surface area contributed by atoms with E-state index in [9.17, 15) is 9.59 Å². The first-order valence-corrected chi connectivity index (χ1v) is 9.63. The van der Waals surface area contributed by atoms with Gasteiger partial charge in [-0.2, -0.15) is 0 Å². The molecular formula is C22H25N3O3S. The van der Waals surface area contributed by atoms with E-state index in [2.05, 4.69) is 5.32 Å². The maximum atomic E-state index is 12.2. The van der Waals surface area contributed by atoms with E-state index in [-0.39, 0.29) is 17.4 Å². The molecule has 2 aromatic rings. The predicted octanol–water partition coefficient (Wildman–Crippen LogP) is 2.53. The number of nitrogens with zero attached hydrogens (tertiary/aromatic N) is 1. The SMILES string of the molecule is COc1ccc(/C=C/C(=O)NC(=S)N(CCC(N)=O)CCc2ccccc2)cc1. The molecule has 0 aliphatic heterocycles. The Morgan fingerprint density at radius 1 is 1.10 bits per heavy atom. The number of hydrogen-bond donors (Lipinski definition) is 2. The van der Waals surface area contributed by atoms with E-state index in [1.807, 2.05) is 54.6 Å². The van der Waals surface area contributed by atoms with Crippen molar-refractivity contribution < 1.29 is 14.3 Å². The van der Waals surface area contributed by atoms with Crippen LogP contribution in [0.25, 0.3) is 6.08 Å². The molecule has 0 bridgehead atoms. The Hall–Kier alpha value is -3.19. The number of amides is 2. The summed E-state index contributed by atoms with van der Waals surface area (Å²) in [7, 11) is 1.60. The normalized spacial score (nSPS) is 10.5. The van der Waals surface area contributed by atoms with Crippen LogP contribution < -0.4 is 15.8 Å². The van der Waals surface area contributed by atoms with E-state index >= 15 is 0 Å². The highest BCUT2D eigenvalue weighted by Crippen LogP contribution is 2.12. The monoisotopic (exact) mass is 411 g/mol. The van der Waals surface area contributed by atoms with E-state index < -0.39 is 5.91 Å². The highest BCUT2D eigenvalue weighted by Gasteiger charge is 2.13. The topological polar surface area (TPSA) is 84.7 Å². The molecule has 0 aromatic heterocycles. The second-order valence-corrected chi connectivity index (χ2v) is 6.73. The standard InChI is InChI=1S/C22H25N3O3S/c1-28-19-10-7-18(8-11-19)9-12-21(27)24-22(29)25(16-14-20(23)26)15-13-17-5-3-2-4-6-17/h2-12H,13-16H2,1H3,(H2,23,26)(H,24,27,29)/b12-9+. The van der Waals surface area contributed by atoms with Gasteiger partial charge in [-0.1, -0.05) is 42.5 Å². The summed E-state index contributed by atoms with van der Waals surface area (Å²) in [5.74, 6) is -0.00543. The Morgan fingerprint density at radius 3 is 2.41 bits per heavy atom. The molecule has 0 aliphatic carbocycles. The fourth-order valence-corrected chi connectivity index (χ4v) is 2.86. The minimum absolute atomic E-state index is 0.159. The Balaban J connectivity index is 1.94. The molecule has 152 valence electrons. The Kier molecular flexibility index (Phi) is 8.85. The zero-order valence-electron chi connectivity index (χ0n) is 16.3. The lowest BCUT2D eigenvalue weighted by molar-refractivity contribution is -0.118. The summed E-state index contributed by atoms with van der Waals surface area (Å²) in [5, 5.41) is 2.96. The maximum absolute atomic E-state index is 12.2. The van der Waals surface area contributed by atoms with Gasteiger partial charge in [0.05, 0.1) is 7.11 Å². The van der Waals surface area contributed by atoms with Gasteiger partial charge in [0.15, 0.2) is 5.11 Å². The van der Waals surface area contributed by atoms with Crippen molar-refractivity contribution in [1.82, 2.24) is 10.2 Å². The summed E-state index contributed by atoms with van der Waals surface area (Å²) in [6.45, 7) is 0.919. The smallest absolute Gasteiger partial charge is 0.250 e. The molecule has 0 aliphatic rings. The molecule has 0 fully saturated rings. The van der Waals surface area contributed by atoms with Crippen molar-refractivity contribution in [3.8, 4) is 5.75 Å². The zero-order valence-corrected chi connectivity index (χ0v) is 17.2. The number of carbonyl (C=O) groups excluding carboxylic acids is 2. The van der Waals surface area contributed by atoms with Gasteiger partial charge in [-0.15, -0.1) is 0 Å². The molecule has 2 amide bonds. The molecule has 0 unspecified atom stereocenters. The van der Waals surface area contributed by atoms with Gasteiger partial charge in [-0.05, 0) is 48.0 Å². The third kappa shape index (κ3) is 8.15. The van der Waals surface area contributed by atoms with Crippen LogP contribution in [0.3, 0.4) is 0 Å². The second-order valence-electron chi connectivity index (χ2n) is 6.34. The van der Waals surface area contributed by atoms with Crippen molar-refractivity contribution in [2.75, 3.05) is 20.2 Å². The van der Waals surface area contributed by atoms with Crippen molar-refractivity contribution in [1.29, 1.82) is 0 Å². The van der Waals surface area contributed by atoms with Crippen LogP contribution in [0.4, 0.5) is 0 Å². The average molecular weight is 412 g/mol. The molecule has 0 atom stereocenters. The van der Waals surface area contributed by atoms with Crippen molar-refractivity contribution in [2.45, 2.75) is 12.8 Å². The van der Waals surface area contributed by atoms with Crippen molar-refractivity contribution in [3.05, 3.63) is 71.8 Å². The maximum Gasteiger partial charge on any atom is 0.250 e. The number of rotatable bonds is 9. The van der Waals surface area contributed by atoms with E-state index in [1.54, 1.807) is 18.1 Å². The second kappa shape index (κ2) is 11.6. The van der Waals surface area contributed by atoms with Gasteiger partial charge in [0.2, 0.25) is 11.8 Å². The first kappa shape index (κ1) is 22.1. The van der Waals surface area contributed by atoms with Gasteiger partial charge in [0.25, 0.3) is 0 Å². The molecule has 7 heteroatoms. The third-order valence-electron chi connectivity index (χ3n) is 4.20. The lowest BCUT2D eigenvalue weighted by Gasteiger charge is -2.24. The number of nitrogens with two attached hydrogens (primary N) is 1. The first-order valence-electron chi connectivity index (χ1n) is 9.22. The number of hydrogen-bond acceptors (Lipinski definition) is 4. The van der Waals surface area contributed by atoms with E-state index in [1.165, 1.54) is 6.08 Å². The predicted molar refractivity (Wildman–Crippen MR) is 118 cm³/mol. The van der Waals surface area contributed by atoms with Gasteiger partial charge in [0, 0.05) is 25.6 Å². The van der Waals surface area contributed by atoms with Crippen LogP contribution in [0.5, 0.6) is 5.75 Å². The fourth-order valence-electron chi connectivity index (χ4n) is 2.58. The molecule has 0 spiro atoms. The average Bonchev–Trinajstić information content (AvgIpc) is 2.73. The number of benzene rings is 2. The van der Waals surface area contributed by atoms with Crippen LogP contribution in [0.15, 0.2) is 60.7 Å². The van der Waals surface area contributed by atoms with Gasteiger partial charge >= 0.3 is 0 Å². The molecule has 29 heavy (non-hydrogen) atoms. The number of methoxy groups -OCH3 is 1. The highest BCUT2D eigenvalue weighted by molar-refractivity contribution is 7.80.